The number of nitrogens with one attached hydrogen (secondary N) is 2. The molecule has 0 aliphatic heterocycles. The molecule has 2 N–H and O–H groups in total. The second-order valence-corrected chi connectivity index (χ2v) is 5.81. The van der Waals surface area contributed by atoms with Crippen molar-refractivity contribution in [2.75, 3.05) is 34.2 Å². The number of carbonyl (C=O) groups excluding carboxylic acids is 1. The van der Waals surface area contributed by atoms with Crippen LogP contribution in [0.3, 0.4) is 0 Å². The third kappa shape index (κ3) is 5.61. The van der Waals surface area contributed by atoms with E-state index in [2.05, 4.69) is 40.1 Å². The largest absolute Gasteiger partial charge is 0.356 e. The number of hydrogen-bond acceptors (Lipinski definition) is 3. The maximum absolute atomic E-state index is 11.5. The molecule has 1 aromatic heterocycles. The first-order valence-electron chi connectivity index (χ1n) is 6.72. The molecule has 6 heteroatoms. The predicted molar refractivity (Wildman–Crippen MR) is 85.4 cm³/mol. The Morgan fingerprint density at radius 2 is 2.20 bits per heavy atom. The van der Waals surface area contributed by atoms with Gasteiger partial charge in [0.1, 0.15) is 0 Å². The highest BCUT2D eigenvalue weighted by molar-refractivity contribution is 7.10. The number of carbonyl (C=O) groups is 1. The van der Waals surface area contributed by atoms with Crippen molar-refractivity contribution < 1.29 is 4.79 Å². The second kappa shape index (κ2) is 8.58. The zero-order valence-electron chi connectivity index (χ0n) is 12.6. The molecule has 5 nitrogen and oxygen atoms in total. The van der Waals surface area contributed by atoms with Gasteiger partial charge in [-0.05, 0) is 11.4 Å². The Bertz CT molecular complexity index is 428. The van der Waals surface area contributed by atoms with Gasteiger partial charge in [0, 0.05) is 51.4 Å². The molecule has 0 fully saturated rings. The second-order valence-electron chi connectivity index (χ2n) is 4.83. The van der Waals surface area contributed by atoms with Gasteiger partial charge in [-0.15, -0.1) is 11.3 Å². The van der Waals surface area contributed by atoms with E-state index in [1.807, 2.05) is 0 Å². The van der Waals surface area contributed by atoms with Gasteiger partial charge in [0.15, 0.2) is 5.96 Å². The summed E-state index contributed by atoms with van der Waals surface area (Å²) >= 11 is 1.76. The number of aliphatic imine (C=N–C) groups is 1. The van der Waals surface area contributed by atoms with Crippen LogP contribution in [0.5, 0.6) is 0 Å². The molecule has 1 rings (SSSR count). The van der Waals surface area contributed by atoms with Crippen LogP contribution in [0.15, 0.2) is 22.5 Å². The molecule has 1 unspecified atom stereocenters. The van der Waals surface area contributed by atoms with Crippen LogP contribution in [-0.4, -0.2) is 51.0 Å². The average molecular weight is 296 g/mol. The number of hydrogen-bond donors (Lipinski definition) is 2. The van der Waals surface area contributed by atoms with Crippen LogP contribution in [0.1, 0.15) is 24.1 Å². The molecule has 0 aromatic carbocycles. The van der Waals surface area contributed by atoms with E-state index in [1.54, 1.807) is 37.4 Å². The van der Waals surface area contributed by atoms with Gasteiger partial charge in [-0.3, -0.25) is 9.79 Å². The summed E-state index contributed by atoms with van der Waals surface area (Å²) in [6.45, 7) is 3.59. The molecule has 1 heterocycles. The van der Waals surface area contributed by atoms with Gasteiger partial charge >= 0.3 is 0 Å². The van der Waals surface area contributed by atoms with E-state index in [9.17, 15) is 4.79 Å². The van der Waals surface area contributed by atoms with E-state index >= 15 is 0 Å². The topological polar surface area (TPSA) is 56.7 Å². The minimum atomic E-state index is 0.111. The van der Waals surface area contributed by atoms with Crippen molar-refractivity contribution >= 4 is 23.2 Å². The summed E-state index contributed by atoms with van der Waals surface area (Å²) in [5.74, 6) is 1.29. The summed E-state index contributed by atoms with van der Waals surface area (Å²) < 4.78 is 0. The Kier molecular flexibility index (Phi) is 7.08. The highest BCUT2D eigenvalue weighted by atomic mass is 32.1. The van der Waals surface area contributed by atoms with Crippen molar-refractivity contribution in [3.8, 4) is 0 Å². The van der Waals surface area contributed by atoms with E-state index in [0.29, 0.717) is 18.9 Å². The highest BCUT2D eigenvalue weighted by Crippen LogP contribution is 2.19. The normalized spacial score (nSPS) is 12.9. The van der Waals surface area contributed by atoms with E-state index in [1.165, 1.54) is 4.88 Å². The molecule has 1 amide bonds. The Balaban J connectivity index is 2.28. The quantitative estimate of drug-likeness (QED) is 0.618. The maximum atomic E-state index is 11.5. The first-order valence-corrected chi connectivity index (χ1v) is 7.60. The average Bonchev–Trinajstić information content (AvgIpc) is 2.95. The molecule has 0 bridgehead atoms. The fourth-order valence-corrected chi connectivity index (χ4v) is 2.44. The smallest absolute Gasteiger partial charge is 0.223 e. The number of amides is 1. The molecule has 0 aliphatic carbocycles. The SMILES string of the molecule is CN=C(NCCC(=O)N(C)C)NCC(C)c1cccs1. The van der Waals surface area contributed by atoms with Crippen molar-refractivity contribution in [3.63, 3.8) is 0 Å². The van der Waals surface area contributed by atoms with Crippen molar-refractivity contribution in [1.29, 1.82) is 0 Å². The van der Waals surface area contributed by atoms with E-state index < -0.39 is 0 Å². The zero-order chi connectivity index (χ0) is 15.0. The van der Waals surface area contributed by atoms with Crippen LogP contribution in [0, 0.1) is 0 Å². The third-order valence-corrected chi connectivity index (χ3v) is 4.06. The van der Waals surface area contributed by atoms with E-state index in [4.69, 9.17) is 0 Å². The Morgan fingerprint density at radius 3 is 2.75 bits per heavy atom. The van der Waals surface area contributed by atoms with Gasteiger partial charge in [-0.25, -0.2) is 0 Å². The molecule has 112 valence electrons. The van der Waals surface area contributed by atoms with Crippen molar-refractivity contribution in [3.05, 3.63) is 22.4 Å². The molecule has 0 aliphatic rings. The van der Waals surface area contributed by atoms with Crippen LogP contribution < -0.4 is 10.6 Å². The van der Waals surface area contributed by atoms with Gasteiger partial charge < -0.3 is 15.5 Å². The Hall–Kier alpha value is -1.56. The fraction of sp³-hybridized carbons (Fsp3) is 0.571. The maximum Gasteiger partial charge on any atom is 0.223 e. The lowest BCUT2D eigenvalue weighted by atomic mass is 10.1. The first-order chi connectivity index (χ1) is 9.54. The van der Waals surface area contributed by atoms with E-state index in [-0.39, 0.29) is 5.91 Å². The number of nitrogens with zero attached hydrogens (tertiary/aromatic N) is 2. The van der Waals surface area contributed by atoms with Crippen LogP contribution in [0.4, 0.5) is 0 Å². The zero-order valence-corrected chi connectivity index (χ0v) is 13.5. The van der Waals surface area contributed by atoms with Crippen LogP contribution in [0.2, 0.25) is 0 Å². The standard InChI is InChI=1S/C14H24N4OS/c1-11(12-6-5-9-20-12)10-17-14(15-2)16-8-7-13(19)18(3)4/h5-6,9,11H,7-8,10H2,1-4H3,(H2,15,16,17). The number of thiophene rings is 1. The highest BCUT2D eigenvalue weighted by Gasteiger charge is 2.08. The Morgan fingerprint density at radius 1 is 1.45 bits per heavy atom. The molecule has 1 atom stereocenters. The molecule has 0 radical (unpaired) electrons. The summed E-state index contributed by atoms with van der Waals surface area (Å²) in [5, 5.41) is 8.52. The Labute approximate surface area is 125 Å². The van der Waals surface area contributed by atoms with Gasteiger partial charge in [-0.2, -0.15) is 0 Å². The summed E-state index contributed by atoms with van der Waals surface area (Å²) in [7, 11) is 5.26. The predicted octanol–water partition coefficient (Wildman–Crippen LogP) is 1.49. The van der Waals surface area contributed by atoms with E-state index in [0.717, 1.165) is 12.5 Å². The lowest BCUT2D eigenvalue weighted by Gasteiger charge is -2.16. The number of guanidine groups is 1. The molecule has 0 saturated carbocycles. The van der Waals surface area contributed by atoms with Crippen molar-refractivity contribution in [1.82, 2.24) is 15.5 Å². The van der Waals surface area contributed by atoms with Crippen LogP contribution >= 0.6 is 11.3 Å². The lowest BCUT2D eigenvalue weighted by Crippen LogP contribution is -2.40. The van der Waals surface area contributed by atoms with Gasteiger partial charge in [-0.1, -0.05) is 13.0 Å². The summed E-state index contributed by atoms with van der Waals surface area (Å²) in [6, 6.07) is 4.21. The molecule has 0 spiro atoms. The molecule has 1 aromatic rings. The summed E-state index contributed by atoms with van der Waals surface area (Å²) in [4.78, 5) is 18.6. The van der Waals surface area contributed by atoms with Gasteiger partial charge in [0.2, 0.25) is 5.91 Å². The molecular formula is C14H24N4OS. The molecular weight excluding hydrogens is 272 g/mol. The summed E-state index contributed by atoms with van der Waals surface area (Å²) in [6.07, 6.45) is 0.466. The third-order valence-electron chi connectivity index (χ3n) is 2.96. The minimum absolute atomic E-state index is 0.111. The summed E-state index contributed by atoms with van der Waals surface area (Å²) in [5.41, 5.74) is 0. The minimum Gasteiger partial charge on any atom is -0.356 e. The van der Waals surface area contributed by atoms with Gasteiger partial charge in [0.05, 0.1) is 0 Å². The van der Waals surface area contributed by atoms with Crippen LogP contribution in [0.25, 0.3) is 0 Å². The van der Waals surface area contributed by atoms with Crippen molar-refractivity contribution in [2.45, 2.75) is 19.3 Å². The number of rotatable bonds is 6. The monoisotopic (exact) mass is 296 g/mol. The van der Waals surface area contributed by atoms with Gasteiger partial charge in [0.25, 0.3) is 0 Å². The molecule has 0 saturated heterocycles. The fourth-order valence-electron chi connectivity index (χ4n) is 1.65. The van der Waals surface area contributed by atoms with Crippen LogP contribution in [-0.2, 0) is 4.79 Å². The lowest BCUT2D eigenvalue weighted by molar-refractivity contribution is -0.128. The first kappa shape index (κ1) is 16.5. The molecule has 20 heavy (non-hydrogen) atoms. The van der Waals surface area contributed by atoms with Crippen molar-refractivity contribution in [2.24, 2.45) is 4.99 Å².